The number of hydrogen-bond acceptors (Lipinski definition) is 3. The molecule has 0 aliphatic rings. The molecule has 0 fully saturated rings. The second kappa shape index (κ2) is 7.61. The minimum Gasteiger partial charge on any atom is -0.247 e. The van der Waals surface area contributed by atoms with Crippen molar-refractivity contribution in [2.45, 2.75) is 46.3 Å². The van der Waals surface area contributed by atoms with E-state index in [0.717, 1.165) is 20.1 Å². The summed E-state index contributed by atoms with van der Waals surface area (Å²) in [6, 6.07) is 0. The molecule has 6 nitrogen and oxygen atoms in total. The van der Waals surface area contributed by atoms with Crippen molar-refractivity contribution in [3.63, 3.8) is 0 Å². The average Bonchev–Trinajstić information content (AvgIpc) is 2.43. The lowest BCUT2D eigenvalue weighted by Gasteiger charge is -2.12. The zero-order valence-corrected chi connectivity index (χ0v) is 12.7. The number of aromatic nitrogens is 3. The molecule has 0 N–H and O–H groups in total. The van der Waals surface area contributed by atoms with Crippen molar-refractivity contribution in [3.8, 4) is 0 Å². The van der Waals surface area contributed by atoms with Crippen molar-refractivity contribution >= 4 is 0 Å². The van der Waals surface area contributed by atoms with E-state index in [2.05, 4.69) is 27.0 Å². The largest absolute Gasteiger partial charge is 0.336 e. The van der Waals surface area contributed by atoms with Gasteiger partial charge < -0.3 is 0 Å². The molecule has 0 bridgehead atoms. The first kappa shape index (κ1) is 16.9. The second-order valence-corrected chi connectivity index (χ2v) is 5.33. The van der Waals surface area contributed by atoms with E-state index >= 15 is 0 Å². The fourth-order valence-electron chi connectivity index (χ4n) is 2.10. The predicted octanol–water partition coefficient (Wildman–Crippen LogP) is 0.980. The van der Waals surface area contributed by atoms with Crippen LogP contribution in [-0.2, 0) is 19.6 Å². The Balaban J connectivity index is 3.37. The van der Waals surface area contributed by atoms with Crippen LogP contribution in [0, 0.1) is 5.92 Å². The van der Waals surface area contributed by atoms with Crippen LogP contribution >= 0.6 is 0 Å². The molecule has 0 spiro atoms. The van der Waals surface area contributed by atoms with Crippen molar-refractivity contribution in [2.24, 2.45) is 5.92 Å². The molecule has 0 aromatic carbocycles. The molecular formula is C15H23N3O3. The molecule has 116 valence electrons. The summed E-state index contributed by atoms with van der Waals surface area (Å²) < 4.78 is 3.16. The van der Waals surface area contributed by atoms with Gasteiger partial charge in [0.2, 0.25) is 0 Å². The lowest BCUT2D eigenvalue weighted by Crippen LogP contribution is -2.54. The molecule has 0 aliphatic carbocycles. The van der Waals surface area contributed by atoms with Gasteiger partial charge in [-0.1, -0.05) is 26.0 Å². The zero-order valence-electron chi connectivity index (χ0n) is 12.7. The van der Waals surface area contributed by atoms with Gasteiger partial charge in [-0.25, -0.2) is 28.1 Å². The SMILES string of the molecule is C=CCn1c(=O)n(CC=C)c(=O)n(CCCC(C)C)c1=O. The summed E-state index contributed by atoms with van der Waals surface area (Å²) >= 11 is 0. The van der Waals surface area contributed by atoms with E-state index in [1.165, 1.54) is 12.2 Å². The number of hydrogen-bond donors (Lipinski definition) is 0. The molecule has 21 heavy (non-hydrogen) atoms. The van der Waals surface area contributed by atoms with Gasteiger partial charge in [0.15, 0.2) is 0 Å². The number of nitrogens with zero attached hydrogens (tertiary/aromatic N) is 3. The van der Waals surface area contributed by atoms with Gasteiger partial charge in [0.25, 0.3) is 0 Å². The Kier molecular flexibility index (Phi) is 6.14. The van der Waals surface area contributed by atoms with E-state index in [0.29, 0.717) is 18.9 Å². The highest BCUT2D eigenvalue weighted by Crippen LogP contribution is 2.03. The Bertz CT molecular complexity index is 629. The molecule has 0 saturated carbocycles. The standard InChI is InChI=1S/C15H23N3O3/c1-5-9-16-13(19)17(10-6-2)15(21)18(14(16)20)11-7-8-12(3)4/h5-6,12H,1-2,7-11H2,3-4H3. The van der Waals surface area contributed by atoms with Gasteiger partial charge in [-0.3, -0.25) is 0 Å². The molecule has 0 radical (unpaired) electrons. The summed E-state index contributed by atoms with van der Waals surface area (Å²) in [4.78, 5) is 36.7. The van der Waals surface area contributed by atoms with Gasteiger partial charge in [-0.2, -0.15) is 0 Å². The van der Waals surface area contributed by atoms with Gasteiger partial charge in [0.1, 0.15) is 0 Å². The molecule has 0 unspecified atom stereocenters. The quantitative estimate of drug-likeness (QED) is 0.671. The van der Waals surface area contributed by atoms with Gasteiger partial charge in [-0.15, -0.1) is 13.2 Å². The maximum Gasteiger partial charge on any atom is 0.336 e. The van der Waals surface area contributed by atoms with Crippen LogP contribution in [0.25, 0.3) is 0 Å². The second-order valence-electron chi connectivity index (χ2n) is 5.33. The maximum absolute atomic E-state index is 12.3. The van der Waals surface area contributed by atoms with Crippen molar-refractivity contribution in [2.75, 3.05) is 0 Å². The molecule has 0 amide bonds. The molecular weight excluding hydrogens is 270 g/mol. The van der Waals surface area contributed by atoms with E-state index in [9.17, 15) is 14.4 Å². The third-order valence-electron chi connectivity index (χ3n) is 3.17. The maximum atomic E-state index is 12.3. The van der Waals surface area contributed by atoms with Crippen molar-refractivity contribution in [3.05, 3.63) is 56.8 Å². The van der Waals surface area contributed by atoms with E-state index in [4.69, 9.17) is 0 Å². The third kappa shape index (κ3) is 3.93. The highest BCUT2D eigenvalue weighted by atomic mass is 16.2. The van der Waals surface area contributed by atoms with Crippen molar-refractivity contribution in [1.82, 2.24) is 13.7 Å². The topological polar surface area (TPSA) is 66.0 Å². The zero-order chi connectivity index (χ0) is 16.0. The first-order valence-electron chi connectivity index (χ1n) is 7.10. The molecule has 0 saturated heterocycles. The first-order valence-corrected chi connectivity index (χ1v) is 7.10. The van der Waals surface area contributed by atoms with Crippen LogP contribution in [0.15, 0.2) is 39.7 Å². The monoisotopic (exact) mass is 293 g/mol. The molecule has 1 aromatic rings. The fraction of sp³-hybridized carbons (Fsp3) is 0.533. The molecule has 1 heterocycles. The minimum absolute atomic E-state index is 0.0826. The van der Waals surface area contributed by atoms with Crippen molar-refractivity contribution in [1.29, 1.82) is 0 Å². The summed E-state index contributed by atoms with van der Waals surface area (Å²) in [6.07, 6.45) is 4.55. The van der Waals surface area contributed by atoms with Crippen LogP contribution in [0.3, 0.4) is 0 Å². The summed E-state index contributed by atoms with van der Waals surface area (Å²) in [5.41, 5.74) is -1.77. The fourth-order valence-corrected chi connectivity index (χ4v) is 2.10. The van der Waals surface area contributed by atoms with E-state index in [1.54, 1.807) is 0 Å². The number of allylic oxidation sites excluding steroid dienone is 2. The summed E-state index contributed by atoms with van der Waals surface area (Å²) in [5.74, 6) is 0.496. The Morgan fingerprint density at radius 2 is 1.33 bits per heavy atom. The summed E-state index contributed by atoms with van der Waals surface area (Å²) in [7, 11) is 0. The number of rotatable bonds is 8. The van der Waals surface area contributed by atoms with Gasteiger partial charge in [-0.05, 0) is 18.8 Å². The van der Waals surface area contributed by atoms with Crippen molar-refractivity contribution < 1.29 is 0 Å². The molecule has 0 atom stereocenters. The normalized spacial score (nSPS) is 10.8. The first-order chi connectivity index (χ1) is 9.93. The highest BCUT2D eigenvalue weighted by Gasteiger charge is 2.13. The Labute approximate surface area is 123 Å². The smallest absolute Gasteiger partial charge is 0.247 e. The predicted molar refractivity (Wildman–Crippen MR) is 83.7 cm³/mol. The summed E-state index contributed by atoms with van der Waals surface area (Å²) in [6.45, 7) is 11.7. The van der Waals surface area contributed by atoms with Crippen LogP contribution in [-0.4, -0.2) is 13.7 Å². The van der Waals surface area contributed by atoms with Crippen LogP contribution in [0.5, 0.6) is 0 Å². The van der Waals surface area contributed by atoms with Crippen LogP contribution < -0.4 is 17.1 Å². The lowest BCUT2D eigenvalue weighted by molar-refractivity contribution is 0.442. The van der Waals surface area contributed by atoms with Gasteiger partial charge in [0, 0.05) is 6.54 Å². The Morgan fingerprint density at radius 3 is 1.71 bits per heavy atom. The molecule has 6 heteroatoms. The Hall–Kier alpha value is -2.11. The summed E-state index contributed by atoms with van der Waals surface area (Å²) in [5, 5.41) is 0. The van der Waals surface area contributed by atoms with E-state index in [1.807, 2.05) is 0 Å². The van der Waals surface area contributed by atoms with Crippen LogP contribution in [0.2, 0.25) is 0 Å². The Morgan fingerprint density at radius 1 is 0.905 bits per heavy atom. The third-order valence-corrected chi connectivity index (χ3v) is 3.17. The average molecular weight is 293 g/mol. The van der Waals surface area contributed by atoms with Gasteiger partial charge in [0.05, 0.1) is 13.1 Å². The van der Waals surface area contributed by atoms with Crippen LogP contribution in [0.1, 0.15) is 26.7 Å². The molecule has 0 aliphatic heterocycles. The minimum atomic E-state index is -0.620. The highest BCUT2D eigenvalue weighted by molar-refractivity contribution is 4.84. The molecule has 1 aromatic heterocycles. The molecule has 1 rings (SSSR count). The van der Waals surface area contributed by atoms with Gasteiger partial charge >= 0.3 is 17.1 Å². The van der Waals surface area contributed by atoms with Crippen LogP contribution in [0.4, 0.5) is 0 Å². The van der Waals surface area contributed by atoms with E-state index < -0.39 is 17.1 Å². The van der Waals surface area contributed by atoms with E-state index in [-0.39, 0.29) is 13.1 Å². The lowest BCUT2D eigenvalue weighted by atomic mass is 10.1.